The van der Waals surface area contributed by atoms with E-state index in [1.807, 2.05) is 6.92 Å². The average Bonchev–Trinajstić information content (AvgIpc) is 2.73. The molecule has 0 aromatic carbocycles. The van der Waals surface area contributed by atoms with Crippen molar-refractivity contribution in [2.45, 2.75) is 26.2 Å². The van der Waals surface area contributed by atoms with Crippen LogP contribution in [0.15, 0.2) is 0 Å². The monoisotopic (exact) mass is 229 g/mol. The third kappa shape index (κ3) is 3.48. The van der Waals surface area contributed by atoms with Gasteiger partial charge in [-0.15, -0.1) is 0 Å². The van der Waals surface area contributed by atoms with Crippen molar-refractivity contribution in [3.8, 4) is 0 Å². The van der Waals surface area contributed by atoms with E-state index < -0.39 is 11.9 Å². The van der Waals surface area contributed by atoms with Gasteiger partial charge in [0.1, 0.15) is 0 Å². The summed E-state index contributed by atoms with van der Waals surface area (Å²) in [7, 11) is 0. The fourth-order valence-corrected chi connectivity index (χ4v) is 2.09. The van der Waals surface area contributed by atoms with Gasteiger partial charge in [-0.25, -0.2) is 0 Å². The Morgan fingerprint density at radius 3 is 2.69 bits per heavy atom. The highest BCUT2D eigenvalue weighted by molar-refractivity contribution is 5.85. The number of ether oxygens (including phenoxy) is 1. The van der Waals surface area contributed by atoms with Crippen LogP contribution >= 0.6 is 0 Å². The highest BCUT2D eigenvalue weighted by Crippen LogP contribution is 2.31. The van der Waals surface area contributed by atoms with Gasteiger partial charge in [0.05, 0.1) is 18.4 Å². The van der Waals surface area contributed by atoms with Crippen molar-refractivity contribution in [1.82, 2.24) is 5.32 Å². The van der Waals surface area contributed by atoms with Gasteiger partial charge in [0.25, 0.3) is 0 Å². The smallest absolute Gasteiger partial charge is 0.307 e. The predicted octanol–water partition coefficient (Wildman–Crippen LogP) is 0.640. The summed E-state index contributed by atoms with van der Waals surface area (Å²) in [4.78, 5) is 22.6. The molecule has 0 bridgehead atoms. The highest BCUT2D eigenvalue weighted by Gasteiger charge is 2.37. The molecule has 0 radical (unpaired) electrons. The maximum absolute atomic E-state index is 11.7. The third-order valence-electron chi connectivity index (χ3n) is 2.92. The number of carboxylic acids is 1. The van der Waals surface area contributed by atoms with Crippen LogP contribution in [0.1, 0.15) is 26.2 Å². The molecular formula is C11H19NO4. The van der Waals surface area contributed by atoms with Crippen molar-refractivity contribution >= 4 is 11.9 Å². The second-order valence-electron chi connectivity index (χ2n) is 3.97. The molecule has 16 heavy (non-hydrogen) atoms. The molecule has 1 aliphatic carbocycles. The van der Waals surface area contributed by atoms with Crippen molar-refractivity contribution in [3.63, 3.8) is 0 Å². The number of carbonyl (C=O) groups is 2. The highest BCUT2D eigenvalue weighted by atomic mass is 16.5. The first kappa shape index (κ1) is 13.0. The first-order valence-electron chi connectivity index (χ1n) is 5.75. The molecule has 92 valence electrons. The minimum atomic E-state index is -0.859. The molecular weight excluding hydrogens is 210 g/mol. The second-order valence-corrected chi connectivity index (χ2v) is 3.97. The van der Waals surface area contributed by atoms with E-state index in [0.717, 1.165) is 6.42 Å². The number of aliphatic carboxylic acids is 1. The van der Waals surface area contributed by atoms with E-state index in [2.05, 4.69) is 5.32 Å². The number of carbonyl (C=O) groups excluding carboxylic acids is 1. The molecule has 1 fully saturated rings. The lowest BCUT2D eigenvalue weighted by molar-refractivity contribution is -0.146. The normalized spacial score (nSPS) is 24.3. The Morgan fingerprint density at radius 2 is 2.06 bits per heavy atom. The number of hydrogen-bond donors (Lipinski definition) is 2. The molecule has 2 unspecified atom stereocenters. The molecule has 1 rings (SSSR count). The van der Waals surface area contributed by atoms with Crippen molar-refractivity contribution in [2.75, 3.05) is 19.8 Å². The molecule has 0 aromatic rings. The lowest BCUT2D eigenvalue weighted by atomic mass is 9.95. The summed E-state index contributed by atoms with van der Waals surface area (Å²) in [6.45, 7) is 3.44. The molecule has 0 heterocycles. The molecule has 0 spiro atoms. The SMILES string of the molecule is CCOCCNC(=O)C1CCCC1C(=O)O. The van der Waals surface area contributed by atoms with Crippen molar-refractivity contribution < 1.29 is 19.4 Å². The maximum atomic E-state index is 11.7. The molecule has 0 saturated heterocycles. The van der Waals surface area contributed by atoms with Gasteiger partial charge in [-0.2, -0.15) is 0 Å². The van der Waals surface area contributed by atoms with Gasteiger partial charge in [-0.05, 0) is 19.8 Å². The van der Waals surface area contributed by atoms with Crippen LogP contribution in [0, 0.1) is 11.8 Å². The van der Waals surface area contributed by atoms with E-state index in [0.29, 0.717) is 32.6 Å². The minimum absolute atomic E-state index is 0.149. The van der Waals surface area contributed by atoms with Crippen LogP contribution in [-0.2, 0) is 14.3 Å². The van der Waals surface area contributed by atoms with Gasteiger partial charge in [0, 0.05) is 13.2 Å². The zero-order chi connectivity index (χ0) is 12.0. The number of hydrogen-bond acceptors (Lipinski definition) is 3. The minimum Gasteiger partial charge on any atom is -0.481 e. The van der Waals surface area contributed by atoms with E-state index in [1.165, 1.54) is 0 Å². The summed E-state index contributed by atoms with van der Waals surface area (Å²) in [6.07, 6.45) is 2.11. The third-order valence-corrected chi connectivity index (χ3v) is 2.92. The quantitative estimate of drug-likeness (QED) is 0.655. The van der Waals surface area contributed by atoms with Crippen LogP contribution in [0.25, 0.3) is 0 Å². The van der Waals surface area contributed by atoms with Gasteiger partial charge >= 0.3 is 5.97 Å². The summed E-state index contributed by atoms with van der Waals surface area (Å²) in [5, 5.41) is 11.7. The van der Waals surface area contributed by atoms with Gasteiger partial charge in [-0.3, -0.25) is 9.59 Å². The first-order valence-corrected chi connectivity index (χ1v) is 5.75. The summed E-state index contributed by atoms with van der Waals surface area (Å²) < 4.78 is 5.09. The first-order chi connectivity index (χ1) is 7.66. The summed E-state index contributed by atoms with van der Waals surface area (Å²) >= 11 is 0. The fourth-order valence-electron chi connectivity index (χ4n) is 2.09. The molecule has 5 heteroatoms. The van der Waals surface area contributed by atoms with Gasteiger partial charge in [0.15, 0.2) is 0 Å². The summed E-state index contributed by atoms with van der Waals surface area (Å²) in [6, 6.07) is 0. The molecule has 1 amide bonds. The van der Waals surface area contributed by atoms with Crippen molar-refractivity contribution in [3.05, 3.63) is 0 Å². The molecule has 2 N–H and O–H groups in total. The van der Waals surface area contributed by atoms with Crippen molar-refractivity contribution in [1.29, 1.82) is 0 Å². The van der Waals surface area contributed by atoms with Crippen molar-refractivity contribution in [2.24, 2.45) is 11.8 Å². The Hall–Kier alpha value is -1.10. The molecule has 5 nitrogen and oxygen atoms in total. The molecule has 0 aromatic heterocycles. The van der Waals surface area contributed by atoms with Gasteiger partial charge in [-0.1, -0.05) is 6.42 Å². The van der Waals surface area contributed by atoms with Gasteiger partial charge in [0.2, 0.25) is 5.91 Å². The number of nitrogens with one attached hydrogen (secondary N) is 1. The van der Waals surface area contributed by atoms with E-state index in [9.17, 15) is 9.59 Å². The second kappa shape index (κ2) is 6.48. The summed E-state index contributed by atoms with van der Waals surface area (Å²) in [5.41, 5.74) is 0. The Kier molecular flexibility index (Phi) is 5.25. The summed E-state index contributed by atoms with van der Waals surface area (Å²) in [5.74, 6) is -1.88. The number of carboxylic acid groups (broad SMARTS) is 1. The fraction of sp³-hybridized carbons (Fsp3) is 0.818. The largest absolute Gasteiger partial charge is 0.481 e. The number of rotatable bonds is 6. The lowest BCUT2D eigenvalue weighted by Gasteiger charge is -2.15. The van der Waals surface area contributed by atoms with E-state index in [1.54, 1.807) is 0 Å². The van der Waals surface area contributed by atoms with E-state index in [-0.39, 0.29) is 11.8 Å². The molecule has 2 atom stereocenters. The lowest BCUT2D eigenvalue weighted by Crippen LogP contribution is -2.36. The predicted molar refractivity (Wildman–Crippen MR) is 58.0 cm³/mol. The van der Waals surface area contributed by atoms with Gasteiger partial charge < -0.3 is 15.2 Å². The Labute approximate surface area is 95.2 Å². The molecule has 0 aliphatic heterocycles. The number of amides is 1. The topological polar surface area (TPSA) is 75.6 Å². The molecule has 1 saturated carbocycles. The Bertz CT molecular complexity index is 254. The van der Waals surface area contributed by atoms with Crippen LogP contribution in [0.2, 0.25) is 0 Å². The van der Waals surface area contributed by atoms with Crippen LogP contribution in [0.3, 0.4) is 0 Å². The Balaban J connectivity index is 2.32. The maximum Gasteiger partial charge on any atom is 0.307 e. The zero-order valence-corrected chi connectivity index (χ0v) is 9.57. The van der Waals surface area contributed by atoms with Crippen LogP contribution in [-0.4, -0.2) is 36.7 Å². The van der Waals surface area contributed by atoms with Crippen LogP contribution in [0.5, 0.6) is 0 Å². The molecule has 1 aliphatic rings. The van der Waals surface area contributed by atoms with Crippen LogP contribution < -0.4 is 5.32 Å². The van der Waals surface area contributed by atoms with E-state index in [4.69, 9.17) is 9.84 Å². The average molecular weight is 229 g/mol. The van der Waals surface area contributed by atoms with E-state index >= 15 is 0 Å². The standard InChI is InChI=1S/C11H19NO4/c1-2-16-7-6-12-10(13)8-4-3-5-9(8)11(14)15/h8-9H,2-7H2,1H3,(H,12,13)(H,14,15). The Morgan fingerprint density at radius 1 is 1.38 bits per heavy atom. The zero-order valence-electron chi connectivity index (χ0n) is 9.57. The van der Waals surface area contributed by atoms with Crippen LogP contribution in [0.4, 0.5) is 0 Å².